The van der Waals surface area contributed by atoms with Crippen molar-refractivity contribution in [1.29, 1.82) is 0 Å². The van der Waals surface area contributed by atoms with Crippen LogP contribution in [0.25, 0.3) is 0 Å². The number of ether oxygens (including phenoxy) is 2. The predicted octanol–water partition coefficient (Wildman–Crippen LogP) is 9.47. The molecule has 13 heteroatoms. The average molecular weight is 711 g/mol. The van der Waals surface area contributed by atoms with Gasteiger partial charge in [0.1, 0.15) is 18.0 Å². The highest BCUT2D eigenvalue weighted by atomic mass is 31.2. The van der Waals surface area contributed by atoms with Gasteiger partial charge in [0, 0.05) is 14.2 Å². The number of carbonyl (C=O) groups excluding carboxylic acids is 1. The smallest absolute Gasteiger partial charge is 0.357 e. The molecule has 0 amide bonds. The van der Waals surface area contributed by atoms with Gasteiger partial charge in [0.05, 0.1) is 17.8 Å². The van der Waals surface area contributed by atoms with Crippen LogP contribution in [0.2, 0.25) is 54.4 Å². The first-order valence-corrected chi connectivity index (χ1v) is 26.4. The van der Waals surface area contributed by atoms with Gasteiger partial charge in [0.25, 0.3) is 0 Å². The molecule has 0 aromatic carbocycles. The van der Waals surface area contributed by atoms with Crippen LogP contribution < -0.4 is 0 Å². The monoisotopic (exact) mass is 710 g/mol. The van der Waals surface area contributed by atoms with Crippen molar-refractivity contribution >= 4 is 38.5 Å². The quantitative estimate of drug-likeness (QED) is 0.111. The molecule has 0 unspecified atom stereocenters. The summed E-state index contributed by atoms with van der Waals surface area (Å²) in [7, 11) is -8.21. The molecule has 0 aliphatic carbocycles. The second-order valence-corrected chi connectivity index (χ2v) is 34.3. The van der Waals surface area contributed by atoms with E-state index in [0.29, 0.717) is 5.76 Å². The Hall–Kier alpha value is -0.309. The van der Waals surface area contributed by atoms with E-state index in [4.69, 9.17) is 31.8 Å². The van der Waals surface area contributed by atoms with Crippen molar-refractivity contribution in [2.75, 3.05) is 20.8 Å². The lowest BCUT2D eigenvalue weighted by molar-refractivity contribution is -0.170. The highest BCUT2D eigenvalue weighted by Gasteiger charge is 2.56. The van der Waals surface area contributed by atoms with Crippen LogP contribution in [0.4, 0.5) is 0 Å². The zero-order chi connectivity index (χ0) is 35.8. The van der Waals surface area contributed by atoms with Gasteiger partial charge in [0.15, 0.2) is 37.2 Å². The number of rotatable bonds is 12. The summed E-state index contributed by atoms with van der Waals surface area (Å²) in [5, 5.41) is -0.357. The third-order valence-corrected chi connectivity index (χ3v) is 25.1. The summed E-state index contributed by atoms with van der Waals surface area (Å²) >= 11 is 0. The standard InChI is InChI=1S/C32H67O9PSi3/c1-29(2,3)28(33)39-23(21-37-43(15,16)30(4,5)6)25-27(41-45(19,20)32(10,11)12)26(40-44(17,18)31(7,8)9)24(38-25)22-42(34,35-13)36-14/h22-23,25-27H,21H2,1-20H3/b24-22-/t23-,25+,26+,27+/m1/s1. The highest BCUT2D eigenvalue weighted by molar-refractivity contribution is 7.57. The molecule has 4 atom stereocenters. The Kier molecular flexibility index (Phi) is 13.5. The Labute approximate surface area is 278 Å². The predicted molar refractivity (Wildman–Crippen MR) is 191 cm³/mol. The summed E-state index contributed by atoms with van der Waals surface area (Å²) in [5.41, 5.74) is -0.763. The number of hydrogen-bond donors (Lipinski definition) is 0. The topological polar surface area (TPSA) is 98.8 Å². The molecule has 1 fully saturated rings. The van der Waals surface area contributed by atoms with Crippen LogP contribution in [0, 0.1) is 5.41 Å². The van der Waals surface area contributed by atoms with Crippen LogP contribution in [-0.4, -0.2) is 76.2 Å². The van der Waals surface area contributed by atoms with Crippen molar-refractivity contribution < 1.29 is 41.2 Å². The fraction of sp³-hybridized carbons (Fsp3) is 0.906. The Balaban J connectivity index is 4.03. The van der Waals surface area contributed by atoms with E-state index in [1.165, 1.54) is 20.0 Å². The average Bonchev–Trinajstić information content (AvgIpc) is 3.13. The molecular formula is C32H67O9PSi3. The van der Waals surface area contributed by atoms with E-state index < -0.39 is 62.4 Å². The summed E-state index contributed by atoms with van der Waals surface area (Å²) in [6, 6.07) is 0. The van der Waals surface area contributed by atoms with Crippen molar-refractivity contribution in [2.45, 2.75) is 162 Å². The van der Waals surface area contributed by atoms with Gasteiger partial charge >= 0.3 is 13.6 Å². The Bertz CT molecular complexity index is 1090. The molecule has 0 radical (unpaired) electrons. The van der Waals surface area contributed by atoms with E-state index in [-0.39, 0.29) is 27.7 Å². The summed E-state index contributed by atoms with van der Waals surface area (Å²) in [6.07, 6.45) is -3.07. The van der Waals surface area contributed by atoms with Crippen LogP contribution >= 0.6 is 7.60 Å². The Morgan fingerprint density at radius 2 is 1.20 bits per heavy atom. The number of esters is 1. The molecule has 1 heterocycles. The van der Waals surface area contributed by atoms with Crippen molar-refractivity contribution in [2.24, 2.45) is 5.41 Å². The molecular weight excluding hydrogens is 644 g/mol. The fourth-order valence-electron chi connectivity index (χ4n) is 3.63. The summed E-state index contributed by atoms with van der Waals surface area (Å²) < 4.78 is 58.1. The van der Waals surface area contributed by atoms with Gasteiger partial charge in [0.2, 0.25) is 0 Å². The maximum atomic E-state index is 13.5. The largest absolute Gasteiger partial charge is 0.485 e. The van der Waals surface area contributed by atoms with Crippen LogP contribution in [0.5, 0.6) is 0 Å². The van der Waals surface area contributed by atoms with Crippen molar-refractivity contribution in [1.82, 2.24) is 0 Å². The molecule has 45 heavy (non-hydrogen) atoms. The van der Waals surface area contributed by atoms with Crippen LogP contribution in [0.1, 0.15) is 83.1 Å². The van der Waals surface area contributed by atoms with E-state index in [1.807, 2.05) is 20.8 Å². The molecule has 1 aliphatic heterocycles. The molecule has 0 saturated carbocycles. The second kappa shape index (κ2) is 14.3. The maximum Gasteiger partial charge on any atom is 0.357 e. The normalized spacial score (nSPS) is 22.8. The van der Waals surface area contributed by atoms with Crippen LogP contribution in [0.15, 0.2) is 11.6 Å². The molecule has 0 spiro atoms. The third kappa shape index (κ3) is 10.8. The zero-order valence-electron chi connectivity index (χ0n) is 32.2. The Morgan fingerprint density at radius 3 is 1.58 bits per heavy atom. The molecule has 0 N–H and O–H groups in total. The first-order valence-electron chi connectivity index (χ1n) is 16.1. The number of hydrogen-bond acceptors (Lipinski definition) is 9. The Morgan fingerprint density at radius 1 is 0.778 bits per heavy atom. The van der Waals surface area contributed by atoms with Gasteiger partial charge in [-0.05, 0) is 75.2 Å². The van der Waals surface area contributed by atoms with Gasteiger partial charge in [-0.15, -0.1) is 0 Å². The molecule has 0 aromatic rings. The summed E-state index contributed by atoms with van der Waals surface area (Å²) in [6.45, 7) is 38.1. The van der Waals surface area contributed by atoms with Crippen molar-refractivity contribution in [3.63, 3.8) is 0 Å². The second-order valence-electron chi connectivity index (χ2n) is 17.9. The lowest BCUT2D eigenvalue weighted by Gasteiger charge is -2.44. The number of carbonyl (C=O) groups is 1. The van der Waals surface area contributed by atoms with Crippen molar-refractivity contribution in [3.05, 3.63) is 11.6 Å². The van der Waals surface area contributed by atoms with Crippen molar-refractivity contribution in [3.8, 4) is 0 Å². The minimum Gasteiger partial charge on any atom is -0.485 e. The molecule has 0 aromatic heterocycles. The van der Waals surface area contributed by atoms with E-state index >= 15 is 0 Å². The van der Waals surface area contributed by atoms with E-state index in [0.717, 1.165) is 0 Å². The molecule has 9 nitrogen and oxygen atoms in total. The van der Waals surface area contributed by atoms with Gasteiger partial charge < -0.3 is 31.8 Å². The van der Waals surface area contributed by atoms with Gasteiger partial charge in [-0.1, -0.05) is 62.3 Å². The third-order valence-electron chi connectivity index (χ3n) is 10.1. The van der Waals surface area contributed by atoms with E-state index in [9.17, 15) is 9.36 Å². The van der Waals surface area contributed by atoms with Crippen LogP contribution in [-0.2, 0) is 41.2 Å². The highest BCUT2D eigenvalue weighted by Crippen LogP contribution is 2.53. The SMILES string of the molecule is COP(=O)(/C=C1\O[C@@H]([C@@H](CO[Si](C)(C)C(C)(C)C)OC(=O)C(C)(C)C)[C@H](O[Si](C)(C)C(C)(C)C)[C@H]1O[Si](C)(C)C(C)(C)C)OC. The maximum absolute atomic E-state index is 13.5. The molecule has 1 aliphatic rings. The summed E-state index contributed by atoms with van der Waals surface area (Å²) in [5.74, 6) is 1.31. The van der Waals surface area contributed by atoms with E-state index in [1.54, 1.807) is 0 Å². The van der Waals surface area contributed by atoms with Gasteiger partial charge in [-0.3, -0.25) is 9.36 Å². The molecule has 1 saturated heterocycles. The first-order chi connectivity index (χ1) is 19.8. The fourth-order valence-corrected chi connectivity index (χ4v) is 8.06. The first kappa shape index (κ1) is 42.7. The van der Waals surface area contributed by atoms with Gasteiger partial charge in [-0.2, -0.15) is 0 Å². The lowest BCUT2D eigenvalue weighted by Crippen LogP contribution is -2.56. The minimum atomic E-state index is -3.69. The molecule has 1 rings (SSSR count). The van der Waals surface area contributed by atoms with Gasteiger partial charge in [-0.25, -0.2) is 0 Å². The van der Waals surface area contributed by atoms with E-state index in [2.05, 4.69) is 102 Å². The molecule has 266 valence electrons. The zero-order valence-corrected chi connectivity index (χ0v) is 36.1. The van der Waals surface area contributed by atoms with Crippen LogP contribution in [0.3, 0.4) is 0 Å². The molecule has 0 bridgehead atoms. The lowest BCUT2D eigenvalue weighted by atomic mass is 9.97. The summed E-state index contributed by atoms with van der Waals surface area (Å²) in [4.78, 5) is 13.5. The minimum absolute atomic E-state index is 0.0677.